The number of primary amides is 1. The van der Waals surface area contributed by atoms with E-state index in [0.717, 1.165) is 0 Å². The molecular weight excluding hydrogens is 243 g/mol. The molecule has 0 atom stereocenters. The van der Waals surface area contributed by atoms with E-state index < -0.39 is 41.6 Å². The van der Waals surface area contributed by atoms with Gasteiger partial charge >= 0.3 is 12.1 Å². The van der Waals surface area contributed by atoms with E-state index in [9.17, 15) is 22.8 Å². The van der Waals surface area contributed by atoms with Gasteiger partial charge < -0.3 is 10.8 Å². The van der Waals surface area contributed by atoms with Gasteiger partial charge in [0.1, 0.15) is 11.4 Å². The number of carboxylic acid groups (broad SMARTS) is 1. The van der Waals surface area contributed by atoms with E-state index in [-0.39, 0.29) is 0 Å². The normalized spacial score (nSPS) is 11.2. The summed E-state index contributed by atoms with van der Waals surface area (Å²) in [6, 6.07) is 0. The lowest BCUT2D eigenvalue weighted by molar-refractivity contribution is -0.142. The number of aromatic carboxylic acids is 1. The number of carbonyl (C=O) groups excluding carboxylic acids is 1. The van der Waals surface area contributed by atoms with Crippen LogP contribution in [0.2, 0.25) is 0 Å². The number of carboxylic acids is 1. The summed E-state index contributed by atoms with van der Waals surface area (Å²) in [4.78, 5) is 27.3. The third-order valence-corrected chi connectivity index (χ3v) is 1.67. The molecule has 0 radical (unpaired) electrons. The first-order chi connectivity index (χ1) is 7.71. The minimum Gasteiger partial charge on any atom is -0.478 e. The first-order valence-corrected chi connectivity index (χ1v) is 4.16. The Morgan fingerprint density at radius 3 is 2.41 bits per heavy atom. The van der Waals surface area contributed by atoms with Gasteiger partial charge in [0.05, 0.1) is 6.42 Å². The molecule has 92 valence electrons. The van der Waals surface area contributed by atoms with E-state index in [4.69, 9.17) is 10.8 Å². The fourth-order valence-corrected chi connectivity index (χ4v) is 1.03. The molecule has 9 heteroatoms. The lowest BCUT2D eigenvalue weighted by atomic mass is 10.2. The average Bonchev–Trinajstić information content (AvgIpc) is 2.14. The number of aromatic nitrogens is 2. The molecular formula is C8H6F3N3O3. The molecule has 3 N–H and O–H groups in total. The lowest BCUT2D eigenvalue weighted by Gasteiger charge is -2.09. The van der Waals surface area contributed by atoms with Crippen molar-refractivity contribution in [3.05, 3.63) is 23.3 Å². The molecule has 17 heavy (non-hydrogen) atoms. The largest absolute Gasteiger partial charge is 0.478 e. The number of alkyl halides is 3. The molecule has 0 unspecified atom stereocenters. The molecule has 6 nitrogen and oxygen atoms in total. The summed E-state index contributed by atoms with van der Waals surface area (Å²) in [6.45, 7) is 0. The van der Waals surface area contributed by atoms with Gasteiger partial charge in [-0.05, 0) is 0 Å². The summed E-state index contributed by atoms with van der Waals surface area (Å²) in [5.41, 5.74) is 2.09. The molecule has 0 bridgehead atoms. The average molecular weight is 249 g/mol. The monoisotopic (exact) mass is 249 g/mol. The Kier molecular flexibility index (Phi) is 3.30. The molecule has 1 heterocycles. The predicted octanol–water partition coefficient (Wildman–Crippen LogP) is 0.221. The third kappa shape index (κ3) is 3.13. The highest BCUT2D eigenvalue weighted by Gasteiger charge is 2.38. The zero-order valence-electron chi connectivity index (χ0n) is 8.15. The van der Waals surface area contributed by atoms with E-state index in [1.807, 2.05) is 0 Å². The fraction of sp³-hybridized carbons (Fsp3) is 0.250. The highest BCUT2D eigenvalue weighted by atomic mass is 19.4. The molecule has 1 aromatic heterocycles. The summed E-state index contributed by atoms with van der Waals surface area (Å²) in [5.74, 6) is -3.20. The molecule has 0 fully saturated rings. The number of halogens is 3. The topological polar surface area (TPSA) is 106 Å². The number of nitrogens with two attached hydrogens (primary N) is 1. The SMILES string of the molecule is NC(=O)Cc1ncc(C(=O)O)c(C(F)(F)F)n1. The Balaban J connectivity index is 3.29. The quantitative estimate of drug-likeness (QED) is 0.796. The molecule has 0 saturated heterocycles. The van der Waals surface area contributed by atoms with Crippen molar-refractivity contribution < 1.29 is 27.9 Å². The first-order valence-electron chi connectivity index (χ1n) is 4.16. The Bertz CT molecular complexity index is 473. The van der Waals surface area contributed by atoms with E-state index in [2.05, 4.69) is 9.97 Å². The molecule has 0 saturated carbocycles. The summed E-state index contributed by atoms with van der Waals surface area (Å²) in [5, 5.41) is 8.53. The van der Waals surface area contributed by atoms with Crippen LogP contribution in [0.25, 0.3) is 0 Å². The molecule has 1 amide bonds. The summed E-state index contributed by atoms with van der Waals surface area (Å²) >= 11 is 0. The van der Waals surface area contributed by atoms with E-state index in [1.54, 1.807) is 0 Å². The second-order valence-corrected chi connectivity index (χ2v) is 2.99. The smallest absolute Gasteiger partial charge is 0.434 e. The zero-order valence-corrected chi connectivity index (χ0v) is 8.15. The highest BCUT2D eigenvalue weighted by Crippen LogP contribution is 2.30. The van der Waals surface area contributed by atoms with Gasteiger partial charge in [-0.2, -0.15) is 13.2 Å². The maximum absolute atomic E-state index is 12.5. The van der Waals surface area contributed by atoms with Gasteiger partial charge in [-0.3, -0.25) is 4.79 Å². The van der Waals surface area contributed by atoms with Gasteiger partial charge in [0.2, 0.25) is 5.91 Å². The van der Waals surface area contributed by atoms with Crippen molar-refractivity contribution in [3.63, 3.8) is 0 Å². The predicted molar refractivity (Wildman–Crippen MR) is 46.9 cm³/mol. The number of hydrogen-bond donors (Lipinski definition) is 2. The second-order valence-electron chi connectivity index (χ2n) is 2.99. The van der Waals surface area contributed by atoms with Crippen LogP contribution in [0, 0.1) is 0 Å². The Labute approximate surface area is 92.3 Å². The van der Waals surface area contributed by atoms with Crippen molar-refractivity contribution in [3.8, 4) is 0 Å². The van der Waals surface area contributed by atoms with Crippen LogP contribution in [0.15, 0.2) is 6.20 Å². The maximum Gasteiger partial charge on any atom is 0.434 e. The number of amides is 1. The minimum atomic E-state index is -4.94. The van der Waals surface area contributed by atoms with Crippen LogP contribution < -0.4 is 5.73 Å². The Morgan fingerprint density at radius 1 is 1.41 bits per heavy atom. The molecule has 0 aliphatic rings. The molecule has 1 rings (SSSR count). The van der Waals surface area contributed by atoms with Crippen molar-refractivity contribution in [2.75, 3.05) is 0 Å². The number of hydrogen-bond acceptors (Lipinski definition) is 4. The zero-order chi connectivity index (χ0) is 13.2. The molecule has 0 aliphatic carbocycles. The van der Waals surface area contributed by atoms with E-state index >= 15 is 0 Å². The van der Waals surface area contributed by atoms with Crippen molar-refractivity contribution in [2.45, 2.75) is 12.6 Å². The van der Waals surface area contributed by atoms with Crippen LogP contribution in [0.4, 0.5) is 13.2 Å². The summed E-state index contributed by atoms with van der Waals surface area (Å²) in [6.07, 6.45) is -5.04. The van der Waals surface area contributed by atoms with Crippen molar-refractivity contribution >= 4 is 11.9 Å². The van der Waals surface area contributed by atoms with Gasteiger partial charge in [0.25, 0.3) is 0 Å². The second kappa shape index (κ2) is 4.36. The highest BCUT2D eigenvalue weighted by molar-refractivity contribution is 5.88. The fourth-order valence-electron chi connectivity index (χ4n) is 1.03. The summed E-state index contributed by atoms with van der Waals surface area (Å²) in [7, 11) is 0. The van der Waals surface area contributed by atoms with Gasteiger partial charge in [0.15, 0.2) is 5.69 Å². The Hall–Kier alpha value is -2.19. The van der Waals surface area contributed by atoms with E-state index in [1.165, 1.54) is 0 Å². The molecule has 1 aromatic rings. The van der Waals surface area contributed by atoms with Crippen molar-refractivity contribution in [1.29, 1.82) is 0 Å². The number of nitrogens with zero attached hydrogens (tertiary/aromatic N) is 2. The van der Waals surface area contributed by atoms with Gasteiger partial charge in [0, 0.05) is 6.20 Å². The summed E-state index contributed by atoms with van der Waals surface area (Å²) < 4.78 is 37.4. The van der Waals surface area contributed by atoms with Crippen molar-refractivity contribution in [2.24, 2.45) is 5.73 Å². The minimum absolute atomic E-state index is 0.477. The third-order valence-electron chi connectivity index (χ3n) is 1.67. The van der Waals surface area contributed by atoms with Crippen LogP contribution in [0.3, 0.4) is 0 Å². The van der Waals surface area contributed by atoms with E-state index in [0.29, 0.717) is 6.20 Å². The Morgan fingerprint density at radius 2 is 2.00 bits per heavy atom. The standard InChI is InChI=1S/C8H6F3N3O3/c9-8(10,11)6-3(7(16)17)2-13-5(14-6)1-4(12)15/h2H,1H2,(H2,12,15)(H,16,17). The van der Waals surface area contributed by atoms with Crippen LogP contribution in [0.5, 0.6) is 0 Å². The van der Waals surface area contributed by atoms with Gasteiger partial charge in [-0.1, -0.05) is 0 Å². The first kappa shape index (κ1) is 12.9. The molecule has 0 aliphatic heterocycles. The van der Waals surface area contributed by atoms with Gasteiger partial charge in [-0.25, -0.2) is 14.8 Å². The van der Waals surface area contributed by atoms with Crippen LogP contribution in [-0.2, 0) is 17.4 Å². The maximum atomic E-state index is 12.5. The lowest BCUT2D eigenvalue weighted by Crippen LogP contribution is -2.21. The van der Waals surface area contributed by atoms with Crippen molar-refractivity contribution in [1.82, 2.24) is 9.97 Å². The van der Waals surface area contributed by atoms with Crippen LogP contribution in [0.1, 0.15) is 21.9 Å². The van der Waals surface area contributed by atoms with Gasteiger partial charge in [-0.15, -0.1) is 0 Å². The van der Waals surface area contributed by atoms with Crippen LogP contribution >= 0.6 is 0 Å². The number of rotatable bonds is 3. The molecule has 0 spiro atoms. The molecule has 0 aromatic carbocycles. The van der Waals surface area contributed by atoms with Crippen LogP contribution in [-0.4, -0.2) is 27.0 Å². The number of carbonyl (C=O) groups is 2.